The van der Waals surface area contributed by atoms with Crippen LogP contribution in [0.3, 0.4) is 0 Å². The zero-order valence-corrected chi connectivity index (χ0v) is 6.81. The van der Waals surface area contributed by atoms with Crippen LogP contribution in [0.5, 0.6) is 0 Å². The maximum atomic E-state index is 3.62. The Kier molecular flexibility index (Phi) is 3.39. The third-order valence-corrected chi connectivity index (χ3v) is 0.485. The van der Waals surface area contributed by atoms with Gasteiger partial charge in [0.1, 0.15) is 0 Å². The smallest absolute Gasteiger partial charge is 0 e. The summed E-state index contributed by atoms with van der Waals surface area (Å²) >= 11 is 0. The van der Waals surface area contributed by atoms with Gasteiger partial charge in [-0.2, -0.15) is 0 Å². The normalized spacial score (nSPS) is 7.57. The van der Waals surface area contributed by atoms with E-state index in [4.69, 9.17) is 0 Å². The van der Waals surface area contributed by atoms with Gasteiger partial charge in [-0.25, -0.2) is 0 Å². The van der Waals surface area contributed by atoms with Crippen molar-refractivity contribution in [3.63, 3.8) is 0 Å². The topological polar surface area (TPSA) is 41.6 Å². The second-order valence-corrected chi connectivity index (χ2v) is 1.02. The van der Waals surface area contributed by atoms with E-state index in [-0.39, 0.29) is 32.7 Å². The summed E-state index contributed by atoms with van der Waals surface area (Å²) in [5.41, 5.74) is 0. The number of hydrogen-bond donors (Lipinski definition) is 1. The molecule has 0 atom stereocenters. The van der Waals surface area contributed by atoms with Crippen molar-refractivity contribution in [1.82, 2.24) is 15.2 Å². The van der Waals surface area contributed by atoms with Crippen molar-refractivity contribution in [2.24, 2.45) is 0 Å². The van der Waals surface area contributed by atoms with Crippen molar-refractivity contribution in [2.75, 3.05) is 0 Å². The Morgan fingerprint density at radius 1 is 1.71 bits per heavy atom. The molecule has 0 aliphatic carbocycles. The summed E-state index contributed by atoms with van der Waals surface area (Å²) < 4.78 is 0. The molecule has 35 valence electrons. The first kappa shape index (κ1) is 7.24. The Morgan fingerprint density at radius 3 is 2.57 bits per heavy atom. The Bertz CT molecular complexity index is 114. The minimum Gasteiger partial charge on any atom is -0.418 e. The second kappa shape index (κ2) is 3.27. The molecule has 0 saturated heterocycles. The van der Waals surface area contributed by atoms with E-state index >= 15 is 0 Å². The molecule has 0 spiro atoms. The molecule has 0 fully saturated rings. The fourth-order valence-corrected chi connectivity index (χ4v) is 0.231. The summed E-state index contributed by atoms with van der Waals surface area (Å²) in [6, 6.07) is 0. The minimum absolute atomic E-state index is 0. The van der Waals surface area contributed by atoms with Crippen LogP contribution in [0.25, 0.3) is 0 Å². The SMILES string of the molecule is Cc1n[c-]n[nH]1.[Y]. The Morgan fingerprint density at radius 2 is 2.43 bits per heavy atom. The third-order valence-electron chi connectivity index (χ3n) is 0.485. The largest absolute Gasteiger partial charge is 0.418 e. The summed E-state index contributed by atoms with van der Waals surface area (Å²) in [4.78, 5) is 3.62. The molecule has 0 aromatic carbocycles. The van der Waals surface area contributed by atoms with E-state index in [1.54, 1.807) is 0 Å². The van der Waals surface area contributed by atoms with Gasteiger partial charge in [-0.3, -0.25) is 5.10 Å². The monoisotopic (exact) mass is 171 g/mol. The first-order valence-corrected chi connectivity index (χ1v) is 1.64. The van der Waals surface area contributed by atoms with E-state index in [1.165, 1.54) is 0 Å². The number of H-pyrrole nitrogens is 1. The standard InChI is InChI=1S/C3H4N3.Y/c1-3-4-2-5-6-3;/h1H3,(H,4,5,6);/q-1;. The predicted molar refractivity (Wildman–Crippen MR) is 20.0 cm³/mol. The van der Waals surface area contributed by atoms with Crippen molar-refractivity contribution in [3.05, 3.63) is 12.2 Å². The maximum absolute atomic E-state index is 3.62. The third kappa shape index (κ3) is 2.14. The first-order chi connectivity index (χ1) is 2.89. The summed E-state index contributed by atoms with van der Waals surface area (Å²) in [5, 5.41) is 6.04. The van der Waals surface area contributed by atoms with Gasteiger partial charge in [0.05, 0.1) is 0 Å². The molecule has 4 heteroatoms. The molecule has 7 heavy (non-hydrogen) atoms. The van der Waals surface area contributed by atoms with Crippen molar-refractivity contribution >= 4 is 0 Å². The number of aromatic nitrogens is 3. The van der Waals surface area contributed by atoms with Gasteiger partial charge in [-0.15, -0.1) is 0 Å². The van der Waals surface area contributed by atoms with Gasteiger partial charge in [-0.05, 0) is 12.2 Å². The molecule has 0 unspecified atom stereocenters. The fraction of sp³-hybridized carbons (Fsp3) is 0.333. The van der Waals surface area contributed by atoms with Crippen molar-refractivity contribution < 1.29 is 32.7 Å². The number of rotatable bonds is 0. The molecule has 0 amide bonds. The molecule has 1 rings (SSSR count). The van der Waals surface area contributed by atoms with Gasteiger partial charge in [0.25, 0.3) is 0 Å². The number of nitrogens with one attached hydrogen (secondary N) is 1. The molecule has 1 N–H and O–H groups in total. The zero-order valence-electron chi connectivity index (χ0n) is 3.97. The van der Waals surface area contributed by atoms with Crippen LogP contribution in [0, 0.1) is 13.3 Å². The Labute approximate surface area is 66.8 Å². The molecule has 3 nitrogen and oxygen atoms in total. The summed E-state index contributed by atoms with van der Waals surface area (Å²) in [6.45, 7) is 1.82. The molecule has 1 heterocycles. The maximum Gasteiger partial charge on any atom is 0 e. The van der Waals surface area contributed by atoms with Crippen LogP contribution in [0.4, 0.5) is 0 Å². The van der Waals surface area contributed by atoms with Gasteiger partial charge in [0.2, 0.25) is 0 Å². The average molecular weight is 171 g/mol. The van der Waals surface area contributed by atoms with E-state index in [2.05, 4.69) is 21.5 Å². The van der Waals surface area contributed by atoms with Crippen molar-refractivity contribution in [2.45, 2.75) is 6.92 Å². The van der Waals surface area contributed by atoms with Gasteiger partial charge in [0.15, 0.2) is 0 Å². The number of nitrogens with zero attached hydrogens (tertiary/aromatic N) is 2. The van der Waals surface area contributed by atoms with Crippen LogP contribution in [0.2, 0.25) is 0 Å². The van der Waals surface area contributed by atoms with Crippen LogP contribution in [0.1, 0.15) is 5.82 Å². The second-order valence-electron chi connectivity index (χ2n) is 1.02. The summed E-state index contributed by atoms with van der Waals surface area (Å²) in [6.07, 6.45) is 2.37. The van der Waals surface area contributed by atoms with Crippen LogP contribution >= 0.6 is 0 Å². The molecular formula is C3H4N3Y-. The number of aromatic amines is 1. The van der Waals surface area contributed by atoms with Gasteiger partial charge >= 0.3 is 0 Å². The molecule has 0 aliphatic rings. The quantitative estimate of drug-likeness (QED) is 0.554. The van der Waals surface area contributed by atoms with E-state index < -0.39 is 0 Å². The van der Waals surface area contributed by atoms with E-state index in [1.807, 2.05) is 6.92 Å². The number of hydrogen-bond acceptors (Lipinski definition) is 2. The van der Waals surface area contributed by atoms with Crippen molar-refractivity contribution in [1.29, 1.82) is 0 Å². The van der Waals surface area contributed by atoms with Crippen LogP contribution in [-0.4, -0.2) is 15.2 Å². The van der Waals surface area contributed by atoms with E-state index in [0.717, 1.165) is 5.82 Å². The van der Waals surface area contributed by atoms with Gasteiger partial charge in [-0.1, -0.05) is 6.92 Å². The molecule has 0 aliphatic heterocycles. The van der Waals surface area contributed by atoms with Crippen LogP contribution in [0.15, 0.2) is 0 Å². The molecule has 1 radical (unpaired) electrons. The van der Waals surface area contributed by atoms with E-state index in [0.29, 0.717) is 0 Å². The molecule has 0 bridgehead atoms. The molecule has 1 aromatic heterocycles. The fourth-order valence-electron chi connectivity index (χ4n) is 0.231. The molecule has 0 saturated carbocycles. The van der Waals surface area contributed by atoms with Gasteiger partial charge < -0.3 is 10.1 Å². The van der Waals surface area contributed by atoms with Gasteiger partial charge in [0, 0.05) is 32.7 Å². The Hall–Kier alpha value is 0.244. The average Bonchev–Trinajstić information content (AvgIpc) is 1.86. The summed E-state index contributed by atoms with van der Waals surface area (Å²) in [7, 11) is 0. The Balaban J connectivity index is 0.000000360. The van der Waals surface area contributed by atoms with Crippen LogP contribution < -0.4 is 0 Å². The number of aryl methyl sites for hydroxylation is 1. The van der Waals surface area contributed by atoms with E-state index in [9.17, 15) is 0 Å². The summed E-state index contributed by atoms with van der Waals surface area (Å²) in [5.74, 6) is 0.801. The van der Waals surface area contributed by atoms with Crippen molar-refractivity contribution in [3.8, 4) is 0 Å². The zero-order chi connectivity index (χ0) is 4.41. The first-order valence-electron chi connectivity index (χ1n) is 1.64. The minimum atomic E-state index is 0. The van der Waals surface area contributed by atoms with Crippen LogP contribution in [-0.2, 0) is 32.7 Å². The molecular weight excluding hydrogens is 167 g/mol. The molecule has 1 aromatic rings. The predicted octanol–water partition coefficient (Wildman–Crippen LogP) is -0.0892.